The second-order valence-electron chi connectivity index (χ2n) is 14.5. The first-order valence-electron chi connectivity index (χ1n) is 17.4. The van der Waals surface area contributed by atoms with E-state index in [1.54, 1.807) is 11.0 Å². The molecule has 5 rings (SSSR count). The summed E-state index contributed by atoms with van der Waals surface area (Å²) in [6, 6.07) is 6.89. The number of anilines is 1. The van der Waals surface area contributed by atoms with Crippen molar-refractivity contribution in [2.75, 3.05) is 44.2 Å². The van der Waals surface area contributed by atoms with Gasteiger partial charge in [-0.15, -0.1) is 0 Å². The van der Waals surface area contributed by atoms with Crippen LogP contribution in [0.2, 0.25) is 0 Å². The zero-order valence-corrected chi connectivity index (χ0v) is 29.3. The van der Waals surface area contributed by atoms with Crippen molar-refractivity contribution in [2.24, 2.45) is 5.92 Å². The van der Waals surface area contributed by atoms with Crippen LogP contribution in [0.1, 0.15) is 89.8 Å². The van der Waals surface area contributed by atoms with Crippen LogP contribution in [0, 0.1) is 18.7 Å². The maximum absolute atomic E-state index is 14.6. The highest BCUT2D eigenvalue weighted by Gasteiger charge is 2.27. The molecule has 3 aromatic rings. The zero-order chi connectivity index (χ0) is 33.9. The number of ether oxygens (including phenoxy) is 1. The minimum Gasteiger partial charge on any atom is -0.444 e. The van der Waals surface area contributed by atoms with Crippen molar-refractivity contribution >= 4 is 23.2 Å². The van der Waals surface area contributed by atoms with Crippen LogP contribution >= 0.6 is 0 Å². The van der Waals surface area contributed by atoms with E-state index in [-0.39, 0.29) is 24.1 Å². The molecule has 1 N–H and O–H groups in total. The van der Waals surface area contributed by atoms with E-state index in [0.717, 1.165) is 86.6 Å². The summed E-state index contributed by atoms with van der Waals surface area (Å²) in [5.74, 6) is 0.963. The lowest BCUT2D eigenvalue weighted by atomic mass is 9.84. The summed E-state index contributed by atoms with van der Waals surface area (Å²) in [7, 11) is 0. The molecule has 3 heterocycles. The van der Waals surface area contributed by atoms with Gasteiger partial charge in [0.1, 0.15) is 17.2 Å². The fraction of sp³-hybridized carbons (Fsp3) is 0.595. The Balaban J connectivity index is 1.23. The van der Waals surface area contributed by atoms with E-state index >= 15 is 0 Å². The van der Waals surface area contributed by atoms with E-state index < -0.39 is 11.4 Å². The molecular weight excluding hydrogens is 595 g/mol. The predicted octanol–water partition coefficient (Wildman–Crippen LogP) is 6.91. The highest BCUT2D eigenvalue weighted by atomic mass is 19.1. The third kappa shape index (κ3) is 8.44. The van der Waals surface area contributed by atoms with Crippen molar-refractivity contribution in [1.29, 1.82) is 0 Å². The second-order valence-corrected chi connectivity index (χ2v) is 14.5. The van der Waals surface area contributed by atoms with Crippen molar-refractivity contribution in [3.63, 3.8) is 0 Å². The van der Waals surface area contributed by atoms with Crippen molar-refractivity contribution < 1.29 is 18.7 Å². The highest BCUT2D eigenvalue weighted by molar-refractivity contribution is 6.03. The van der Waals surface area contributed by atoms with E-state index in [1.165, 1.54) is 18.6 Å². The lowest BCUT2D eigenvalue weighted by Gasteiger charge is -2.37. The molecule has 10 heteroatoms. The molecule has 2 fully saturated rings. The van der Waals surface area contributed by atoms with Crippen LogP contribution in [0.15, 0.2) is 36.7 Å². The Labute approximate surface area is 279 Å². The molecule has 47 heavy (non-hydrogen) atoms. The molecule has 2 aliphatic rings. The van der Waals surface area contributed by atoms with Crippen molar-refractivity contribution in [3.05, 3.63) is 53.9 Å². The van der Waals surface area contributed by atoms with E-state index in [1.807, 2.05) is 54.7 Å². The molecule has 0 bridgehead atoms. The van der Waals surface area contributed by atoms with Crippen molar-refractivity contribution in [1.82, 2.24) is 24.5 Å². The fourth-order valence-corrected chi connectivity index (χ4v) is 7.09. The number of amides is 2. The zero-order valence-electron chi connectivity index (χ0n) is 29.3. The number of imidazole rings is 1. The molecular formula is C37H53FN6O3. The third-order valence-corrected chi connectivity index (χ3v) is 9.70. The van der Waals surface area contributed by atoms with Crippen LogP contribution in [-0.4, -0.2) is 88.1 Å². The van der Waals surface area contributed by atoms with Gasteiger partial charge in [0.15, 0.2) is 0 Å². The molecule has 1 aromatic carbocycles. The molecule has 0 unspecified atom stereocenters. The van der Waals surface area contributed by atoms with Gasteiger partial charge in [-0.25, -0.2) is 14.2 Å². The summed E-state index contributed by atoms with van der Waals surface area (Å²) >= 11 is 0. The number of alkyl carbamates (subject to hydrolysis) is 1. The summed E-state index contributed by atoms with van der Waals surface area (Å²) in [5, 5.41) is 3.05. The number of rotatable bonds is 9. The van der Waals surface area contributed by atoms with Gasteiger partial charge in [0.2, 0.25) is 0 Å². The van der Waals surface area contributed by atoms with Crippen molar-refractivity contribution in [3.8, 4) is 11.1 Å². The SMILES string of the molecule is CCN(C(=O)c1cc(F)ccc1-c1cc(N2CCN(CCC3CCC(NC(=O)OC(C)(C)C)CC3)CC2)cn2c(C)ncc12)C(C)C. The molecule has 1 saturated heterocycles. The summed E-state index contributed by atoms with van der Waals surface area (Å²) in [5.41, 5.74) is 3.47. The number of halogens is 1. The number of aryl methyl sites for hydroxylation is 1. The monoisotopic (exact) mass is 648 g/mol. The fourth-order valence-electron chi connectivity index (χ4n) is 7.09. The Morgan fingerprint density at radius 2 is 1.77 bits per heavy atom. The first-order valence-corrected chi connectivity index (χ1v) is 17.4. The van der Waals surface area contributed by atoms with Crippen LogP contribution in [0.3, 0.4) is 0 Å². The van der Waals surface area contributed by atoms with Crippen LogP contribution in [0.4, 0.5) is 14.9 Å². The predicted molar refractivity (Wildman–Crippen MR) is 186 cm³/mol. The minimum atomic E-state index is -0.477. The molecule has 2 aromatic heterocycles. The summed E-state index contributed by atoms with van der Waals surface area (Å²) in [4.78, 5) is 37.2. The highest BCUT2D eigenvalue weighted by Crippen LogP contribution is 2.34. The number of nitrogens with zero attached hydrogens (tertiary/aromatic N) is 5. The third-order valence-electron chi connectivity index (χ3n) is 9.70. The number of piperazine rings is 1. The first-order chi connectivity index (χ1) is 22.3. The van der Waals surface area contributed by atoms with E-state index in [0.29, 0.717) is 18.0 Å². The van der Waals surface area contributed by atoms with Gasteiger partial charge in [-0.1, -0.05) is 6.07 Å². The molecule has 0 spiro atoms. The Kier molecular flexibility index (Phi) is 10.8. The topological polar surface area (TPSA) is 82.4 Å². The van der Waals surface area contributed by atoms with Crippen LogP contribution in [0.25, 0.3) is 16.6 Å². The van der Waals surface area contributed by atoms with Gasteiger partial charge in [-0.05, 0) is 117 Å². The number of aromatic nitrogens is 2. The first kappa shape index (κ1) is 34.7. The lowest BCUT2D eigenvalue weighted by molar-refractivity contribution is 0.0485. The maximum atomic E-state index is 14.6. The average molecular weight is 649 g/mol. The number of hydrogen-bond acceptors (Lipinski definition) is 6. The van der Waals surface area contributed by atoms with Crippen molar-refractivity contribution in [2.45, 2.75) is 98.3 Å². The Morgan fingerprint density at radius 3 is 2.40 bits per heavy atom. The van der Waals surface area contributed by atoms with Gasteiger partial charge in [-0.2, -0.15) is 0 Å². The summed E-state index contributed by atoms with van der Waals surface area (Å²) in [6.07, 6.45) is 9.12. The smallest absolute Gasteiger partial charge is 0.407 e. The van der Waals surface area contributed by atoms with Crippen LogP contribution < -0.4 is 10.2 Å². The molecule has 0 radical (unpaired) electrons. The number of carbonyl (C=O) groups excluding carboxylic acids is 2. The Morgan fingerprint density at radius 1 is 1.06 bits per heavy atom. The Bertz CT molecular complexity index is 1550. The summed E-state index contributed by atoms with van der Waals surface area (Å²) in [6.45, 7) is 19.0. The van der Waals surface area contributed by atoms with Crippen LogP contribution in [0.5, 0.6) is 0 Å². The number of hydrogen-bond donors (Lipinski definition) is 1. The summed E-state index contributed by atoms with van der Waals surface area (Å²) < 4.78 is 22.1. The molecule has 1 aliphatic heterocycles. The largest absolute Gasteiger partial charge is 0.444 e. The standard InChI is InChI=1S/C37H53FN6O3/c1-8-43(25(2)3)35(45)33-21-28(38)11-14-31(33)32-22-30(24-44-26(4)39-23-34(32)44)42-19-17-41(18-20-42)16-15-27-9-12-29(13-10-27)40-36(46)47-37(5,6)7/h11,14,21-25,27,29H,8-10,12-13,15-20H2,1-7H3,(H,40,46). The average Bonchev–Trinajstić information content (AvgIpc) is 3.40. The second kappa shape index (κ2) is 14.6. The lowest BCUT2D eigenvalue weighted by Crippen LogP contribution is -2.47. The van der Waals surface area contributed by atoms with E-state index in [9.17, 15) is 14.0 Å². The number of nitrogens with one attached hydrogen (secondary N) is 1. The molecule has 1 saturated carbocycles. The molecule has 1 aliphatic carbocycles. The number of benzene rings is 1. The number of fused-ring (bicyclic) bond motifs is 1. The molecule has 256 valence electrons. The van der Waals surface area contributed by atoms with Gasteiger partial charge in [0.05, 0.1) is 23.0 Å². The van der Waals surface area contributed by atoms with Gasteiger partial charge >= 0.3 is 6.09 Å². The van der Waals surface area contributed by atoms with E-state index in [2.05, 4.69) is 36.8 Å². The van der Waals surface area contributed by atoms with Gasteiger partial charge in [0.25, 0.3) is 5.91 Å². The van der Waals surface area contributed by atoms with E-state index in [4.69, 9.17) is 4.74 Å². The maximum Gasteiger partial charge on any atom is 0.407 e. The molecule has 9 nitrogen and oxygen atoms in total. The van der Waals surface area contributed by atoms with Gasteiger partial charge in [-0.3, -0.25) is 9.69 Å². The number of pyridine rings is 1. The van der Waals surface area contributed by atoms with Gasteiger partial charge in [0, 0.05) is 56.6 Å². The molecule has 0 atom stereocenters. The quantitative estimate of drug-likeness (QED) is 0.272. The minimum absolute atomic E-state index is 0.000301. The normalized spacial score (nSPS) is 19.3. The number of carbonyl (C=O) groups is 2. The Hall–Kier alpha value is -3.66. The van der Waals surface area contributed by atoms with Crippen LogP contribution in [-0.2, 0) is 4.74 Å². The molecule has 2 amide bonds. The van der Waals surface area contributed by atoms with Gasteiger partial charge < -0.3 is 24.3 Å².